The molecule has 0 aromatic heterocycles. The Labute approximate surface area is 115 Å². The van der Waals surface area contributed by atoms with Crippen molar-refractivity contribution in [2.24, 2.45) is 0 Å². The van der Waals surface area contributed by atoms with Gasteiger partial charge >= 0.3 is 0 Å². The smallest absolute Gasteiger partial charge is 0.122 e. The molecule has 0 saturated carbocycles. The molecule has 3 nitrogen and oxygen atoms in total. The Hall–Kier alpha value is -1.06. The molecule has 3 rings (SSSR count). The summed E-state index contributed by atoms with van der Waals surface area (Å²) in [6, 6.07) is 7.13. The van der Waals surface area contributed by atoms with E-state index in [2.05, 4.69) is 30.4 Å². The van der Waals surface area contributed by atoms with Gasteiger partial charge in [-0.1, -0.05) is 19.1 Å². The van der Waals surface area contributed by atoms with Crippen LogP contribution in [0.5, 0.6) is 5.75 Å². The van der Waals surface area contributed by atoms with Gasteiger partial charge in [-0.15, -0.1) is 0 Å². The van der Waals surface area contributed by atoms with Gasteiger partial charge in [0.15, 0.2) is 0 Å². The molecule has 104 valence electrons. The molecule has 0 amide bonds. The fraction of sp³-hybridized carbons (Fsp3) is 0.625. The van der Waals surface area contributed by atoms with E-state index in [4.69, 9.17) is 9.47 Å². The van der Waals surface area contributed by atoms with E-state index in [-0.39, 0.29) is 5.41 Å². The largest absolute Gasteiger partial charge is 0.496 e. The van der Waals surface area contributed by atoms with Crippen molar-refractivity contribution >= 4 is 0 Å². The third-order valence-electron chi connectivity index (χ3n) is 4.66. The highest BCUT2D eigenvalue weighted by atomic mass is 16.5. The third-order valence-corrected chi connectivity index (χ3v) is 4.66. The Morgan fingerprint density at radius 2 is 2.26 bits per heavy atom. The van der Waals surface area contributed by atoms with Crippen molar-refractivity contribution in [1.82, 2.24) is 5.32 Å². The van der Waals surface area contributed by atoms with Crippen LogP contribution in [0, 0.1) is 0 Å². The van der Waals surface area contributed by atoms with Crippen LogP contribution in [0.4, 0.5) is 0 Å². The first-order valence-electron chi connectivity index (χ1n) is 7.28. The zero-order valence-corrected chi connectivity index (χ0v) is 11.9. The van der Waals surface area contributed by atoms with Crippen molar-refractivity contribution in [2.75, 3.05) is 26.9 Å². The van der Waals surface area contributed by atoms with Crippen LogP contribution in [-0.4, -0.2) is 32.9 Å². The first-order chi connectivity index (χ1) is 9.30. The van der Waals surface area contributed by atoms with Crippen molar-refractivity contribution in [2.45, 2.75) is 37.6 Å². The Kier molecular flexibility index (Phi) is 3.50. The first-order valence-corrected chi connectivity index (χ1v) is 7.28. The average molecular weight is 261 g/mol. The molecule has 19 heavy (non-hydrogen) atoms. The summed E-state index contributed by atoms with van der Waals surface area (Å²) in [6.07, 6.45) is 3.57. The highest BCUT2D eigenvalue weighted by Gasteiger charge is 2.49. The Morgan fingerprint density at radius 3 is 2.79 bits per heavy atom. The lowest BCUT2D eigenvalue weighted by Crippen LogP contribution is -2.58. The van der Waals surface area contributed by atoms with Gasteiger partial charge in [0.1, 0.15) is 5.75 Å². The maximum Gasteiger partial charge on any atom is 0.122 e. The van der Waals surface area contributed by atoms with Crippen LogP contribution in [0.3, 0.4) is 0 Å². The van der Waals surface area contributed by atoms with E-state index in [1.54, 1.807) is 7.11 Å². The van der Waals surface area contributed by atoms with Gasteiger partial charge in [0.25, 0.3) is 0 Å². The lowest BCUT2D eigenvalue weighted by molar-refractivity contribution is -0.0769. The van der Waals surface area contributed by atoms with Gasteiger partial charge in [0, 0.05) is 11.6 Å². The Balaban J connectivity index is 2.02. The standard InChI is InChI=1S/C16H23NO2/c1-3-12-6-7-14(18-2)13(9-12)16(10-19-11-16)15-5-4-8-17-15/h6-7,9,15,17H,3-5,8,10-11H2,1-2H3. The minimum Gasteiger partial charge on any atom is -0.496 e. The first kappa shape index (κ1) is 12.9. The van der Waals surface area contributed by atoms with Crippen molar-refractivity contribution in [3.63, 3.8) is 0 Å². The van der Waals surface area contributed by atoms with Crippen molar-refractivity contribution in [3.8, 4) is 5.75 Å². The fourth-order valence-electron chi connectivity index (χ4n) is 3.39. The van der Waals surface area contributed by atoms with Gasteiger partial charge in [-0.2, -0.15) is 0 Å². The number of hydrogen-bond acceptors (Lipinski definition) is 3. The number of methoxy groups -OCH3 is 1. The summed E-state index contributed by atoms with van der Waals surface area (Å²) in [5, 5.41) is 3.65. The number of ether oxygens (including phenoxy) is 2. The maximum absolute atomic E-state index is 5.60. The lowest BCUT2D eigenvalue weighted by atomic mass is 9.71. The molecular weight excluding hydrogens is 238 g/mol. The predicted molar refractivity (Wildman–Crippen MR) is 75.9 cm³/mol. The number of aryl methyl sites for hydroxylation is 1. The summed E-state index contributed by atoms with van der Waals surface area (Å²) in [5.41, 5.74) is 2.83. The molecule has 1 atom stereocenters. The van der Waals surface area contributed by atoms with Crippen molar-refractivity contribution in [1.29, 1.82) is 0 Å². The second-order valence-corrected chi connectivity index (χ2v) is 5.69. The molecule has 0 radical (unpaired) electrons. The molecule has 0 aliphatic carbocycles. The molecule has 2 aliphatic heterocycles. The zero-order chi connectivity index (χ0) is 13.3. The van der Waals surface area contributed by atoms with E-state index < -0.39 is 0 Å². The maximum atomic E-state index is 5.60. The van der Waals surface area contributed by atoms with Gasteiger partial charge in [-0.25, -0.2) is 0 Å². The normalized spacial score (nSPS) is 25.1. The van der Waals surface area contributed by atoms with E-state index in [0.29, 0.717) is 6.04 Å². The van der Waals surface area contributed by atoms with Gasteiger partial charge in [-0.05, 0) is 37.4 Å². The van der Waals surface area contributed by atoms with Crippen molar-refractivity contribution < 1.29 is 9.47 Å². The average Bonchev–Trinajstić information content (AvgIpc) is 2.91. The van der Waals surface area contributed by atoms with Gasteiger partial charge in [-0.3, -0.25) is 0 Å². The predicted octanol–water partition coefficient (Wildman–Crippen LogP) is 2.28. The highest BCUT2D eigenvalue weighted by molar-refractivity contribution is 5.45. The van der Waals surface area contributed by atoms with E-state index in [1.165, 1.54) is 24.0 Å². The molecule has 0 spiro atoms. The van der Waals surface area contributed by atoms with E-state index in [9.17, 15) is 0 Å². The molecule has 1 aromatic rings. The van der Waals surface area contributed by atoms with E-state index in [1.807, 2.05) is 0 Å². The molecule has 3 heteroatoms. The Morgan fingerprint density at radius 1 is 1.42 bits per heavy atom. The van der Waals surface area contributed by atoms with E-state index >= 15 is 0 Å². The molecule has 2 fully saturated rings. The summed E-state index contributed by atoms with van der Waals surface area (Å²) in [7, 11) is 1.76. The zero-order valence-electron chi connectivity index (χ0n) is 11.9. The monoisotopic (exact) mass is 261 g/mol. The number of hydrogen-bond donors (Lipinski definition) is 1. The van der Waals surface area contributed by atoms with Crippen LogP contribution < -0.4 is 10.1 Å². The molecule has 2 aliphatic rings. The van der Waals surface area contributed by atoms with E-state index in [0.717, 1.165) is 31.9 Å². The van der Waals surface area contributed by atoms with Crippen LogP contribution in [0.15, 0.2) is 18.2 Å². The summed E-state index contributed by atoms with van der Waals surface area (Å²) >= 11 is 0. The molecule has 0 bridgehead atoms. The molecule has 1 aromatic carbocycles. The summed E-state index contributed by atoms with van der Waals surface area (Å²) < 4.78 is 11.2. The quantitative estimate of drug-likeness (QED) is 0.902. The topological polar surface area (TPSA) is 30.5 Å². The Bertz CT molecular complexity index is 448. The van der Waals surface area contributed by atoms with Crippen LogP contribution >= 0.6 is 0 Å². The molecule has 2 saturated heterocycles. The molecular formula is C16H23NO2. The second kappa shape index (κ2) is 5.14. The molecule has 1 N–H and O–H groups in total. The second-order valence-electron chi connectivity index (χ2n) is 5.69. The van der Waals surface area contributed by atoms with Crippen LogP contribution in [0.1, 0.15) is 30.9 Å². The molecule has 2 heterocycles. The highest BCUT2D eigenvalue weighted by Crippen LogP contribution is 2.43. The minimum atomic E-state index is 0.118. The van der Waals surface area contributed by atoms with Crippen LogP contribution in [-0.2, 0) is 16.6 Å². The van der Waals surface area contributed by atoms with Gasteiger partial charge in [0.2, 0.25) is 0 Å². The minimum absolute atomic E-state index is 0.118. The summed E-state index contributed by atoms with van der Waals surface area (Å²) in [6.45, 7) is 4.95. The number of rotatable bonds is 4. The fourth-order valence-corrected chi connectivity index (χ4v) is 3.39. The van der Waals surface area contributed by atoms with Crippen molar-refractivity contribution in [3.05, 3.63) is 29.3 Å². The summed E-state index contributed by atoms with van der Waals surface area (Å²) in [5.74, 6) is 1.01. The van der Waals surface area contributed by atoms with Gasteiger partial charge in [0.05, 0.1) is 25.7 Å². The summed E-state index contributed by atoms with van der Waals surface area (Å²) in [4.78, 5) is 0. The van der Waals surface area contributed by atoms with Gasteiger partial charge < -0.3 is 14.8 Å². The number of nitrogens with one attached hydrogen (secondary N) is 1. The lowest BCUT2D eigenvalue weighted by Gasteiger charge is -2.47. The SMILES string of the molecule is CCc1ccc(OC)c(C2(C3CCCN3)COC2)c1. The van der Waals surface area contributed by atoms with Crippen LogP contribution in [0.25, 0.3) is 0 Å². The van der Waals surface area contributed by atoms with Crippen LogP contribution in [0.2, 0.25) is 0 Å². The third kappa shape index (κ3) is 2.05. The number of benzene rings is 1. The molecule has 1 unspecified atom stereocenters.